The van der Waals surface area contributed by atoms with E-state index in [1.807, 2.05) is 39.0 Å². The fraction of sp³-hybridized carbons (Fsp3) is 0.294. The molecule has 0 heterocycles. The molecule has 0 aliphatic heterocycles. The van der Waals surface area contributed by atoms with Gasteiger partial charge in [0.1, 0.15) is 5.75 Å². The van der Waals surface area contributed by atoms with Gasteiger partial charge >= 0.3 is 0 Å². The molecule has 0 spiro atoms. The Bertz CT molecular complexity index is 819. The van der Waals surface area contributed by atoms with Crippen LogP contribution < -0.4 is 9.46 Å². The molecule has 0 aliphatic rings. The first-order valence-corrected chi connectivity index (χ1v) is 9.45. The van der Waals surface area contributed by atoms with Gasteiger partial charge in [-0.15, -0.1) is 0 Å². The number of nitrogens with one attached hydrogen (secondary N) is 1. The van der Waals surface area contributed by atoms with Crippen molar-refractivity contribution >= 4 is 26.0 Å². The van der Waals surface area contributed by atoms with E-state index in [-0.39, 0.29) is 10.9 Å². The fourth-order valence-electron chi connectivity index (χ4n) is 2.49. The van der Waals surface area contributed by atoms with Gasteiger partial charge in [0, 0.05) is 6.04 Å². The molecule has 2 rings (SSSR count). The van der Waals surface area contributed by atoms with Gasteiger partial charge in [0.25, 0.3) is 0 Å². The molecule has 0 aliphatic carbocycles. The molecular formula is C17H20BrNO3S. The Hall–Kier alpha value is -1.37. The highest BCUT2D eigenvalue weighted by Gasteiger charge is 2.20. The van der Waals surface area contributed by atoms with Crippen LogP contribution in [0.1, 0.15) is 29.7 Å². The average Bonchev–Trinajstić information content (AvgIpc) is 2.46. The third-order valence-electron chi connectivity index (χ3n) is 3.66. The fourth-order valence-corrected chi connectivity index (χ4v) is 4.43. The molecule has 0 amide bonds. The normalized spacial score (nSPS) is 12.9. The number of ether oxygens (including phenoxy) is 1. The van der Waals surface area contributed by atoms with E-state index in [4.69, 9.17) is 4.74 Å². The Labute approximate surface area is 146 Å². The summed E-state index contributed by atoms with van der Waals surface area (Å²) in [6, 6.07) is 10.4. The topological polar surface area (TPSA) is 55.4 Å². The second-order valence-electron chi connectivity index (χ2n) is 5.50. The predicted molar refractivity (Wildman–Crippen MR) is 95.3 cm³/mol. The zero-order chi connectivity index (χ0) is 17.2. The van der Waals surface area contributed by atoms with Gasteiger partial charge in [-0.1, -0.05) is 23.8 Å². The minimum Gasteiger partial charge on any atom is -0.496 e. The van der Waals surface area contributed by atoms with Crippen LogP contribution >= 0.6 is 15.9 Å². The van der Waals surface area contributed by atoms with Crippen LogP contribution in [0.15, 0.2) is 45.8 Å². The van der Waals surface area contributed by atoms with Crippen molar-refractivity contribution in [2.75, 3.05) is 7.11 Å². The van der Waals surface area contributed by atoms with E-state index in [2.05, 4.69) is 20.7 Å². The SMILES string of the molecule is COc1ccc(S(=O)(=O)NC(C)c2ccc(C)cc2C)cc1Br. The second-order valence-corrected chi connectivity index (χ2v) is 8.07. The summed E-state index contributed by atoms with van der Waals surface area (Å²) in [6.07, 6.45) is 0. The third kappa shape index (κ3) is 4.13. The lowest BCUT2D eigenvalue weighted by Gasteiger charge is -2.17. The molecule has 0 saturated carbocycles. The van der Waals surface area contributed by atoms with Crippen LogP contribution in [-0.2, 0) is 10.0 Å². The highest BCUT2D eigenvalue weighted by Crippen LogP contribution is 2.28. The highest BCUT2D eigenvalue weighted by molar-refractivity contribution is 9.10. The Morgan fingerprint density at radius 1 is 1.13 bits per heavy atom. The van der Waals surface area contributed by atoms with Gasteiger partial charge in [-0.25, -0.2) is 13.1 Å². The van der Waals surface area contributed by atoms with Gasteiger partial charge in [0.05, 0.1) is 16.5 Å². The molecule has 0 bridgehead atoms. The zero-order valence-corrected chi connectivity index (χ0v) is 16.0. The van der Waals surface area contributed by atoms with Crippen LogP contribution in [0.5, 0.6) is 5.75 Å². The van der Waals surface area contributed by atoms with Gasteiger partial charge in [-0.3, -0.25) is 0 Å². The summed E-state index contributed by atoms with van der Waals surface area (Å²) in [4.78, 5) is 0.196. The summed E-state index contributed by atoms with van der Waals surface area (Å²) in [6.45, 7) is 5.84. The summed E-state index contributed by atoms with van der Waals surface area (Å²) in [5, 5.41) is 0. The van der Waals surface area contributed by atoms with Crippen molar-refractivity contribution in [3.05, 3.63) is 57.6 Å². The lowest BCUT2D eigenvalue weighted by atomic mass is 10.0. The highest BCUT2D eigenvalue weighted by atomic mass is 79.9. The number of sulfonamides is 1. The van der Waals surface area contributed by atoms with E-state index in [0.29, 0.717) is 10.2 Å². The molecule has 6 heteroatoms. The quantitative estimate of drug-likeness (QED) is 0.825. The molecule has 4 nitrogen and oxygen atoms in total. The van der Waals surface area contributed by atoms with Gasteiger partial charge in [-0.05, 0) is 66.0 Å². The first-order valence-electron chi connectivity index (χ1n) is 7.17. The van der Waals surface area contributed by atoms with Crippen molar-refractivity contribution in [1.29, 1.82) is 0 Å². The number of rotatable bonds is 5. The Morgan fingerprint density at radius 2 is 1.83 bits per heavy atom. The maximum Gasteiger partial charge on any atom is 0.241 e. The maximum atomic E-state index is 12.6. The monoisotopic (exact) mass is 397 g/mol. The van der Waals surface area contributed by atoms with E-state index in [1.165, 1.54) is 19.2 Å². The van der Waals surface area contributed by atoms with Crippen molar-refractivity contribution < 1.29 is 13.2 Å². The smallest absolute Gasteiger partial charge is 0.241 e. The molecule has 2 aromatic carbocycles. The minimum absolute atomic E-state index is 0.196. The first-order chi connectivity index (χ1) is 10.7. The van der Waals surface area contributed by atoms with Gasteiger partial charge in [-0.2, -0.15) is 0 Å². The standard InChI is InChI=1S/C17H20BrNO3S/c1-11-5-7-15(12(2)9-11)13(3)19-23(20,21)14-6-8-17(22-4)16(18)10-14/h5-10,13,19H,1-4H3. The minimum atomic E-state index is -3.62. The van der Waals surface area contributed by atoms with E-state index in [0.717, 1.165) is 16.7 Å². The number of benzene rings is 2. The van der Waals surface area contributed by atoms with E-state index >= 15 is 0 Å². The van der Waals surface area contributed by atoms with Crippen LogP contribution in [0.25, 0.3) is 0 Å². The summed E-state index contributed by atoms with van der Waals surface area (Å²) >= 11 is 3.31. The maximum absolute atomic E-state index is 12.6. The predicted octanol–water partition coefficient (Wildman–Crippen LogP) is 4.11. The molecule has 0 aromatic heterocycles. The number of hydrogen-bond donors (Lipinski definition) is 1. The number of halogens is 1. The largest absolute Gasteiger partial charge is 0.496 e. The van der Waals surface area contributed by atoms with Crippen LogP contribution in [0, 0.1) is 13.8 Å². The summed E-state index contributed by atoms with van der Waals surface area (Å²) in [5.41, 5.74) is 3.18. The van der Waals surface area contributed by atoms with Crippen molar-refractivity contribution in [1.82, 2.24) is 4.72 Å². The van der Waals surface area contributed by atoms with Crippen LogP contribution in [-0.4, -0.2) is 15.5 Å². The van der Waals surface area contributed by atoms with Crippen molar-refractivity contribution in [2.45, 2.75) is 31.7 Å². The second kappa shape index (κ2) is 7.03. The van der Waals surface area contributed by atoms with Crippen LogP contribution in [0.4, 0.5) is 0 Å². The molecule has 124 valence electrons. The van der Waals surface area contributed by atoms with Crippen LogP contribution in [0.2, 0.25) is 0 Å². The van der Waals surface area contributed by atoms with Crippen molar-refractivity contribution in [3.63, 3.8) is 0 Å². The molecule has 0 saturated heterocycles. The van der Waals surface area contributed by atoms with Crippen LogP contribution in [0.3, 0.4) is 0 Å². The van der Waals surface area contributed by atoms with Gasteiger partial charge in [0.2, 0.25) is 10.0 Å². The van der Waals surface area contributed by atoms with Gasteiger partial charge in [0.15, 0.2) is 0 Å². The Kier molecular flexibility index (Phi) is 5.49. The molecule has 0 radical (unpaired) electrons. The van der Waals surface area contributed by atoms with Crippen molar-refractivity contribution in [3.8, 4) is 5.75 Å². The molecule has 1 N–H and O–H groups in total. The molecular weight excluding hydrogens is 378 g/mol. The Balaban J connectivity index is 2.28. The van der Waals surface area contributed by atoms with Crippen molar-refractivity contribution in [2.24, 2.45) is 0 Å². The zero-order valence-electron chi connectivity index (χ0n) is 13.6. The lowest BCUT2D eigenvalue weighted by Crippen LogP contribution is -2.27. The lowest BCUT2D eigenvalue weighted by molar-refractivity contribution is 0.411. The van der Waals surface area contributed by atoms with E-state index in [9.17, 15) is 8.42 Å². The number of hydrogen-bond acceptors (Lipinski definition) is 3. The third-order valence-corrected chi connectivity index (χ3v) is 5.82. The molecule has 23 heavy (non-hydrogen) atoms. The summed E-state index contributed by atoms with van der Waals surface area (Å²) in [7, 11) is -2.08. The van der Waals surface area contributed by atoms with E-state index < -0.39 is 10.0 Å². The van der Waals surface area contributed by atoms with Gasteiger partial charge < -0.3 is 4.74 Å². The molecule has 2 aromatic rings. The molecule has 1 unspecified atom stereocenters. The molecule has 0 fully saturated rings. The van der Waals surface area contributed by atoms with E-state index in [1.54, 1.807) is 6.07 Å². The number of aryl methyl sites for hydroxylation is 2. The number of methoxy groups -OCH3 is 1. The molecule has 1 atom stereocenters. The average molecular weight is 398 g/mol. The first kappa shape index (κ1) is 18.0. The summed E-state index contributed by atoms with van der Waals surface area (Å²) < 4.78 is 33.6. The Morgan fingerprint density at radius 3 is 2.39 bits per heavy atom. The summed E-state index contributed by atoms with van der Waals surface area (Å²) in [5.74, 6) is 0.589.